The molecule has 2 rings (SSSR count). The van der Waals surface area contributed by atoms with Crippen LogP contribution in [-0.2, 0) is 4.74 Å². The summed E-state index contributed by atoms with van der Waals surface area (Å²) in [6, 6.07) is 8.35. The molecule has 3 nitrogen and oxygen atoms in total. The van der Waals surface area contributed by atoms with Crippen LogP contribution in [0.4, 0.5) is 4.79 Å². The number of benzene rings is 1. The molecule has 1 fully saturated rings. The molecule has 0 saturated carbocycles. The van der Waals surface area contributed by atoms with Crippen LogP contribution in [0.3, 0.4) is 0 Å². The Morgan fingerprint density at radius 3 is 2.80 bits per heavy atom. The minimum Gasteiger partial charge on any atom is -0.444 e. The Balaban J connectivity index is 2.03. The Labute approximate surface area is 129 Å². The third-order valence-electron chi connectivity index (χ3n) is 3.39. The van der Waals surface area contributed by atoms with Crippen molar-refractivity contribution in [2.75, 3.05) is 13.1 Å². The molecular weight excluding hydrogens is 318 g/mol. The van der Waals surface area contributed by atoms with Gasteiger partial charge in [0.25, 0.3) is 0 Å². The first-order valence-corrected chi connectivity index (χ1v) is 7.88. The van der Waals surface area contributed by atoms with Crippen LogP contribution < -0.4 is 0 Å². The fraction of sp³-hybridized carbons (Fsp3) is 0.562. The number of halogens is 1. The quantitative estimate of drug-likeness (QED) is 0.750. The van der Waals surface area contributed by atoms with E-state index in [1.54, 1.807) is 0 Å². The largest absolute Gasteiger partial charge is 0.444 e. The third-order valence-corrected chi connectivity index (χ3v) is 3.89. The SMILES string of the molecule is CC(C)(C)OC(=O)N1CCCC(c2cccc(Br)c2)C1. The summed E-state index contributed by atoms with van der Waals surface area (Å²) in [5.41, 5.74) is 0.854. The lowest BCUT2D eigenvalue weighted by atomic mass is 9.91. The van der Waals surface area contributed by atoms with Gasteiger partial charge in [0.15, 0.2) is 0 Å². The first kappa shape index (κ1) is 15.4. The van der Waals surface area contributed by atoms with E-state index in [9.17, 15) is 4.79 Å². The summed E-state index contributed by atoms with van der Waals surface area (Å²) in [6.07, 6.45) is 1.95. The number of carbonyl (C=O) groups is 1. The number of carbonyl (C=O) groups excluding carboxylic acids is 1. The molecule has 1 aliphatic heterocycles. The van der Waals surface area contributed by atoms with Crippen molar-refractivity contribution in [3.63, 3.8) is 0 Å². The van der Waals surface area contributed by atoms with Gasteiger partial charge >= 0.3 is 6.09 Å². The molecule has 1 heterocycles. The van der Waals surface area contributed by atoms with Gasteiger partial charge in [0, 0.05) is 23.5 Å². The van der Waals surface area contributed by atoms with E-state index in [4.69, 9.17) is 4.74 Å². The number of amides is 1. The number of hydrogen-bond donors (Lipinski definition) is 0. The highest BCUT2D eigenvalue weighted by Crippen LogP contribution is 2.29. The predicted molar refractivity (Wildman–Crippen MR) is 83.9 cm³/mol. The number of nitrogens with zero attached hydrogens (tertiary/aromatic N) is 1. The van der Waals surface area contributed by atoms with Crippen molar-refractivity contribution in [3.05, 3.63) is 34.3 Å². The molecule has 0 aromatic heterocycles. The summed E-state index contributed by atoms with van der Waals surface area (Å²) in [5.74, 6) is 0.397. The summed E-state index contributed by atoms with van der Waals surface area (Å²) in [5, 5.41) is 0. The van der Waals surface area contributed by atoms with Gasteiger partial charge in [0.1, 0.15) is 5.60 Å². The highest BCUT2D eigenvalue weighted by molar-refractivity contribution is 9.10. The first-order valence-electron chi connectivity index (χ1n) is 7.08. The number of piperidine rings is 1. The third kappa shape index (κ3) is 4.23. The molecule has 1 aromatic rings. The Morgan fingerprint density at radius 2 is 2.15 bits per heavy atom. The summed E-state index contributed by atoms with van der Waals surface area (Å²) in [7, 11) is 0. The lowest BCUT2D eigenvalue weighted by Gasteiger charge is -2.34. The maximum Gasteiger partial charge on any atom is 0.410 e. The minimum absolute atomic E-state index is 0.197. The summed E-state index contributed by atoms with van der Waals surface area (Å²) in [4.78, 5) is 14.0. The summed E-state index contributed by atoms with van der Waals surface area (Å²) >= 11 is 3.51. The molecule has 110 valence electrons. The zero-order chi connectivity index (χ0) is 14.8. The van der Waals surface area contributed by atoms with Gasteiger partial charge in [-0.15, -0.1) is 0 Å². The van der Waals surface area contributed by atoms with Gasteiger partial charge in [-0.05, 0) is 51.3 Å². The van der Waals surface area contributed by atoms with E-state index in [0.29, 0.717) is 5.92 Å². The maximum atomic E-state index is 12.2. The Morgan fingerprint density at radius 1 is 1.40 bits per heavy atom. The Kier molecular flexibility index (Phi) is 4.74. The molecule has 0 spiro atoms. The van der Waals surface area contributed by atoms with Crippen molar-refractivity contribution < 1.29 is 9.53 Å². The van der Waals surface area contributed by atoms with Gasteiger partial charge in [-0.3, -0.25) is 0 Å². The van der Waals surface area contributed by atoms with Gasteiger partial charge in [-0.1, -0.05) is 28.1 Å². The second kappa shape index (κ2) is 6.17. The number of hydrogen-bond acceptors (Lipinski definition) is 2. The lowest BCUT2D eigenvalue weighted by molar-refractivity contribution is 0.0198. The van der Waals surface area contributed by atoms with Gasteiger partial charge < -0.3 is 9.64 Å². The van der Waals surface area contributed by atoms with Crippen LogP contribution in [0.5, 0.6) is 0 Å². The molecule has 0 N–H and O–H groups in total. The number of rotatable bonds is 1. The molecule has 1 aromatic carbocycles. The Hall–Kier alpha value is -1.03. The maximum absolute atomic E-state index is 12.2. The normalized spacial score (nSPS) is 19.8. The monoisotopic (exact) mass is 339 g/mol. The smallest absolute Gasteiger partial charge is 0.410 e. The van der Waals surface area contributed by atoms with Gasteiger partial charge in [0.05, 0.1) is 0 Å². The topological polar surface area (TPSA) is 29.5 Å². The van der Waals surface area contributed by atoms with E-state index in [1.165, 1.54) is 5.56 Å². The second-order valence-electron chi connectivity index (χ2n) is 6.32. The fourth-order valence-corrected chi connectivity index (χ4v) is 2.92. The molecule has 1 amide bonds. The van der Waals surface area contributed by atoms with E-state index < -0.39 is 5.60 Å². The van der Waals surface area contributed by atoms with Gasteiger partial charge in [0.2, 0.25) is 0 Å². The molecule has 1 aliphatic rings. The highest BCUT2D eigenvalue weighted by atomic mass is 79.9. The first-order chi connectivity index (χ1) is 9.35. The zero-order valence-electron chi connectivity index (χ0n) is 12.4. The second-order valence-corrected chi connectivity index (χ2v) is 7.24. The van der Waals surface area contributed by atoms with Crippen LogP contribution in [0.1, 0.15) is 45.1 Å². The van der Waals surface area contributed by atoms with Crippen molar-refractivity contribution in [1.29, 1.82) is 0 Å². The molecule has 1 atom stereocenters. The molecule has 1 saturated heterocycles. The van der Waals surface area contributed by atoms with E-state index in [1.807, 2.05) is 37.8 Å². The van der Waals surface area contributed by atoms with Crippen molar-refractivity contribution >= 4 is 22.0 Å². The van der Waals surface area contributed by atoms with Crippen molar-refractivity contribution in [3.8, 4) is 0 Å². The van der Waals surface area contributed by atoms with E-state index in [0.717, 1.165) is 30.4 Å². The van der Waals surface area contributed by atoms with Crippen LogP contribution in [0.25, 0.3) is 0 Å². The van der Waals surface area contributed by atoms with Crippen LogP contribution in [0.15, 0.2) is 28.7 Å². The molecule has 0 bridgehead atoms. The fourth-order valence-electron chi connectivity index (χ4n) is 2.50. The summed E-state index contributed by atoms with van der Waals surface area (Å²) < 4.78 is 6.55. The van der Waals surface area contributed by atoms with Crippen LogP contribution in [-0.4, -0.2) is 29.7 Å². The Bertz CT molecular complexity index is 482. The lowest BCUT2D eigenvalue weighted by Crippen LogP contribution is -2.42. The average Bonchev–Trinajstić information content (AvgIpc) is 2.37. The highest BCUT2D eigenvalue weighted by Gasteiger charge is 2.28. The van der Waals surface area contributed by atoms with Crippen molar-refractivity contribution in [1.82, 2.24) is 4.90 Å². The molecule has 4 heteroatoms. The van der Waals surface area contributed by atoms with Crippen LogP contribution in [0.2, 0.25) is 0 Å². The van der Waals surface area contributed by atoms with E-state index >= 15 is 0 Å². The van der Waals surface area contributed by atoms with Gasteiger partial charge in [-0.2, -0.15) is 0 Å². The number of likely N-dealkylation sites (tertiary alicyclic amines) is 1. The summed E-state index contributed by atoms with van der Waals surface area (Å²) in [6.45, 7) is 7.24. The number of ether oxygens (including phenoxy) is 1. The van der Waals surface area contributed by atoms with E-state index in [-0.39, 0.29) is 6.09 Å². The van der Waals surface area contributed by atoms with Gasteiger partial charge in [-0.25, -0.2) is 4.79 Å². The average molecular weight is 340 g/mol. The molecule has 0 aliphatic carbocycles. The molecule has 1 unspecified atom stereocenters. The minimum atomic E-state index is -0.431. The zero-order valence-corrected chi connectivity index (χ0v) is 13.9. The molecule has 0 radical (unpaired) electrons. The van der Waals surface area contributed by atoms with Crippen molar-refractivity contribution in [2.45, 2.75) is 45.1 Å². The van der Waals surface area contributed by atoms with Crippen LogP contribution >= 0.6 is 15.9 Å². The molecule has 20 heavy (non-hydrogen) atoms. The van der Waals surface area contributed by atoms with Crippen LogP contribution in [0, 0.1) is 0 Å². The van der Waals surface area contributed by atoms with Crippen molar-refractivity contribution in [2.24, 2.45) is 0 Å². The van der Waals surface area contributed by atoms with E-state index in [2.05, 4.69) is 28.1 Å². The standard InChI is InChI=1S/C16H22BrNO2/c1-16(2,3)20-15(19)18-9-5-7-13(11-18)12-6-4-8-14(17)10-12/h4,6,8,10,13H,5,7,9,11H2,1-3H3. The predicted octanol–water partition coefficient (Wildman–Crippen LogP) is 4.56. The molecular formula is C16H22BrNO2.